The summed E-state index contributed by atoms with van der Waals surface area (Å²) in [5.74, 6) is -2.13. The van der Waals surface area contributed by atoms with Gasteiger partial charge in [0.1, 0.15) is 6.61 Å². The molecule has 0 aliphatic heterocycles. The lowest BCUT2D eigenvalue weighted by Crippen LogP contribution is -2.46. The molecule has 0 radical (unpaired) electrons. The summed E-state index contributed by atoms with van der Waals surface area (Å²) >= 11 is 0. The van der Waals surface area contributed by atoms with Crippen molar-refractivity contribution in [2.75, 3.05) is 13.3 Å². The molecule has 8 heteroatoms. The maximum Gasteiger partial charge on any atom is 0.407 e. The van der Waals surface area contributed by atoms with Crippen molar-refractivity contribution < 1.29 is 28.7 Å². The third-order valence-corrected chi connectivity index (χ3v) is 6.11. The number of nitrogens with one attached hydrogen (secondary N) is 2. The number of ketones is 1. The molecular formula is C27H32N2O6. The van der Waals surface area contributed by atoms with Crippen LogP contribution in [0.25, 0.3) is 11.1 Å². The zero-order chi connectivity index (χ0) is 25.5. The van der Waals surface area contributed by atoms with Crippen molar-refractivity contribution >= 4 is 23.8 Å². The summed E-state index contributed by atoms with van der Waals surface area (Å²) in [5.41, 5.74) is 4.47. The van der Waals surface area contributed by atoms with E-state index in [1.54, 1.807) is 6.92 Å². The topological polar surface area (TPSA) is 111 Å². The number of fused-ring (bicyclic) bond motifs is 3. The molecule has 0 unspecified atom stereocenters. The van der Waals surface area contributed by atoms with E-state index in [9.17, 15) is 19.2 Å². The maximum atomic E-state index is 12.9. The molecule has 2 N–H and O–H groups in total. The standard InChI is InChI=1S/C27H32N2O6/c1-16(2)25(24(31)13-17(3)26(32)28-15-35-18(4)30)29-27(33)34-14-23-21-11-7-5-9-19(21)20-10-6-8-12-22(20)23/h5-12,16-17,23,25H,13-15H2,1-4H3,(H,28,32)(H,29,33)/t17-,25+/m1/s1. The van der Waals surface area contributed by atoms with E-state index in [4.69, 9.17) is 4.74 Å². The zero-order valence-electron chi connectivity index (χ0n) is 20.5. The van der Waals surface area contributed by atoms with Crippen molar-refractivity contribution in [3.8, 4) is 11.1 Å². The maximum absolute atomic E-state index is 12.9. The lowest BCUT2D eigenvalue weighted by Gasteiger charge is -2.23. The van der Waals surface area contributed by atoms with Gasteiger partial charge in [-0.3, -0.25) is 14.4 Å². The molecule has 2 atom stereocenters. The summed E-state index contributed by atoms with van der Waals surface area (Å²) in [6.07, 6.45) is -0.746. The lowest BCUT2D eigenvalue weighted by molar-refractivity contribution is -0.143. The van der Waals surface area contributed by atoms with Crippen LogP contribution in [0.1, 0.15) is 51.2 Å². The Morgan fingerprint density at radius 3 is 2.00 bits per heavy atom. The van der Waals surface area contributed by atoms with Gasteiger partial charge in [-0.1, -0.05) is 69.3 Å². The van der Waals surface area contributed by atoms with E-state index < -0.39 is 29.9 Å². The first-order valence-corrected chi connectivity index (χ1v) is 11.7. The molecule has 0 bridgehead atoms. The molecule has 2 aromatic carbocycles. The molecule has 0 fully saturated rings. The predicted molar refractivity (Wildman–Crippen MR) is 130 cm³/mol. The van der Waals surface area contributed by atoms with Crippen molar-refractivity contribution in [3.05, 3.63) is 59.7 Å². The second kappa shape index (κ2) is 11.6. The Bertz CT molecular complexity index is 1050. The molecule has 0 saturated carbocycles. The lowest BCUT2D eigenvalue weighted by atomic mass is 9.93. The smallest absolute Gasteiger partial charge is 0.407 e. The van der Waals surface area contributed by atoms with Gasteiger partial charge in [-0.2, -0.15) is 0 Å². The highest BCUT2D eigenvalue weighted by molar-refractivity contribution is 5.91. The molecule has 0 spiro atoms. The number of carbonyl (C=O) groups is 4. The van der Waals surface area contributed by atoms with Gasteiger partial charge in [0.05, 0.1) is 6.04 Å². The van der Waals surface area contributed by atoms with Crippen molar-refractivity contribution in [2.24, 2.45) is 11.8 Å². The zero-order valence-corrected chi connectivity index (χ0v) is 20.5. The van der Waals surface area contributed by atoms with Crippen LogP contribution in [0.5, 0.6) is 0 Å². The van der Waals surface area contributed by atoms with Crippen LogP contribution in [0.4, 0.5) is 4.79 Å². The Kier molecular flexibility index (Phi) is 8.63. The van der Waals surface area contributed by atoms with Crippen LogP contribution >= 0.6 is 0 Å². The third kappa shape index (κ3) is 6.47. The second-order valence-corrected chi connectivity index (χ2v) is 9.08. The van der Waals surface area contributed by atoms with Crippen LogP contribution in [0.3, 0.4) is 0 Å². The van der Waals surface area contributed by atoms with Crippen LogP contribution in [0.15, 0.2) is 48.5 Å². The Labute approximate surface area is 205 Å². The molecule has 1 aliphatic carbocycles. The fourth-order valence-corrected chi connectivity index (χ4v) is 4.29. The molecule has 35 heavy (non-hydrogen) atoms. The average molecular weight is 481 g/mol. The molecule has 0 heterocycles. The summed E-state index contributed by atoms with van der Waals surface area (Å²) in [5, 5.41) is 5.13. The van der Waals surface area contributed by atoms with Gasteiger partial charge in [-0.25, -0.2) is 4.79 Å². The first-order valence-electron chi connectivity index (χ1n) is 11.7. The molecular weight excluding hydrogens is 448 g/mol. The van der Waals surface area contributed by atoms with Gasteiger partial charge >= 0.3 is 12.1 Å². The number of amides is 2. The summed E-state index contributed by atoms with van der Waals surface area (Å²) in [7, 11) is 0. The number of Topliss-reactive ketones (excluding diaryl/α,β-unsaturated/α-hetero) is 1. The van der Waals surface area contributed by atoms with E-state index in [1.807, 2.05) is 50.2 Å². The van der Waals surface area contributed by atoms with E-state index in [-0.39, 0.29) is 37.4 Å². The van der Waals surface area contributed by atoms with Gasteiger partial charge in [-0.05, 0) is 28.2 Å². The van der Waals surface area contributed by atoms with Gasteiger partial charge < -0.3 is 20.1 Å². The minimum absolute atomic E-state index is 0.0710. The number of ether oxygens (including phenoxy) is 2. The van der Waals surface area contributed by atoms with Crippen LogP contribution in [0, 0.1) is 11.8 Å². The van der Waals surface area contributed by atoms with E-state index in [1.165, 1.54) is 6.92 Å². The minimum Gasteiger partial charge on any atom is -0.449 e. The number of hydrogen-bond acceptors (Lipinski definition) is 6. The fourth-order valence-electron chi connectivity index (χ4n) is 4.29. The third-order valence-electron chi connectivity index (χ3n) is 6.11. The Morgan fingerprint density at radius 1 is 0.886 bits per heavy atom. The normalized spacial score (nSPS) is 13.9. The van der Waals surface area contributed by atoms with Crippen LogP contribution < -0.4 is 10.6 Å². The van der Waals surface area contributed by atoms with Crippen molar-refractivity contribution in [2.45, 2.75) is 46.1 Å². The van der Waals surface area contributed by atoms with E-state index in [0.29, 0.717) is 0 Å². The predicted octanol–water partition coefficient (Wildman–Crippen LogP) is 3.78. The van der Waals surface area contributed by atoms with Gasteiger partial charge in [0, 0.05) is 25.2 Å². The molecule has 0 saturated heterocycles. The summed E-state index contributed by atoms with van der Waals surface area (Å²) in [4.78, 5) is 48.5. The quantitative estimate of drug-likeness (QED) is 0.396. The van der Waals surface area contributed by atoms with Crippen LogP contribution in [-0.2, 0) is 23.9 Å². The first kappa shape index (κ1) is 25.9. The number of carbonyl (C=O) groups excluding carboxylic acids is 4. The van der Waals surface area contributed by atoms with Crippen molar-refractivity contribution in [1.29, 1.82) is 0 Å². The number of hydrogen-bond donors (Lipinski definition) is 2. The number of alkyl carbamates (subject to hydrolysis) is 1. The molecule has 2 aromatic rings. The summed E-state index contributed by atoms with van der Waals surface area (Å²) < 4.78 is 10.3. The summed E-state index contributed by atoms with van der Waals surface area (Å²) in [6, 6.07) is 15.3. The van der Waals surface area contributed by atoms with E-state index in [2.05, 4.69) is 27.5 Å². The summed E-state index contributed by atoms with van der Waals surface area (Å²) in [6.45, 7) is 6.37. The van der Waals surface area contributed by atoms with Crippen molar-refractivity contribution in [1.82, 2.24) is 10.6 Å². The van der Waals surface area contributed by atoms with E-state index >= 15 is 0 Å². The molecule has 2 amide bonds. The van der Waals surface area contributed by atoms with Crippen LogP contribution in [-0.4, -0.2) is 43.1 Å². The monoisotopic (exact) mass is 480 g/mol. The minimum atomic E-state index is -0.797. The largest absolute Gasteiger partial charge is 0.449 e. The Hall–Kier alpha value is -3.68. The van der Waals surface area contributed by atoms with Gasteiger partial charge in [0.25, 0.3) is 0 Å². The average Bonchev–Trinajstić information content (AvgIpc) is 3.14. The van der Waals surface area contributed by atoms with Gasteiger partial charge in [0.15, 0.2) is 12.5 Å². The van der Waals surface area contributed by atoms with Gasteiger partial charge in [0.2, 0.25) is 5.91 Å². The Morgan fingerprint density at radius 2 is 1.46 bits per heavy atom. The number of esters is 1. The van der Waals surface area contributed by atoms with Crippen molar-refractivity contribution in [3.63, 3.8) is 0 Å². The van der Waals surface area contributed by atoms with E-state index in [0.717, 1.165) is 22.3 Å². The highest BCUT2D eigenvalue weighted by atomic mass is 16.5. The fraction of sp³-hybridized carbons (Fsp3) is 0.407. The van der Waals surface area contributed by atoms with Gasteiger partial charge in [-0.15, -0.1) is 0 Å². The number of benzene rings is 2. The molecule has 8 nitrogen and oxygen atoms in total. The number of rotatable bonds is 10. The first-order chi connectivity index (χ1) is 16.7. The van der Waals surface area contributed by atoms with Crippen LogP contribution in [0.2, 0.25) is 0 Å². The highest BCUT2D eigenvalue weighted by Gasteiger charge is 2.31. The molecule has 3 rings (SSSR count). The second-order valence-electron chi connectivity index (χ2n) is 9.08. The SMILES string of the molecule is CC(=O)OCNC(=O)[C@H](C)CC(=O)[C@@H](NC(=O)OCC1c2ccccc2-c2ccccc21)C(C)C. The molecule has 0 aromatic heterocycles. The Balaban J connectivity index is 1.57. The molecule has 1 aliphatic rings. The molecule has 186 valence electrons. The highest BCUT2D eigenvalue weighted by Crippen LogP contribution is 2.44.